The van der Waals surface area contributed by atoms with Gasteiger partial charge in [-0.25, -0.2) is 4.98 Å². The number of benzene rings is 4. The van der Waals surface area contributed by atoms with Crippen LogP contribution in [0.5, 0.6) is 0 Å². The van der Waals surface area contributed by atoms with Crippen molar-refractivity contribution in [3.05, 3.63) is 84.9 Å². The van der Waals surface area contributed by atoms with Crippen molar-refractivity contribution in [2.45, 2.75) is 0 Å². The highest BCUT2D eigenvalue weighted by molar-refractivity contribution is 6.25. The Bertz CT molecular complexity index is 1960. The Balaban J connectivity index is 1.83. The van der Waals surface area contributed by atoms with Gasteiger partial charge in [-0.3, -0.25) is 0 Å². The van der Waals surface area contributed by atoms with Gasteiger partial charge in [0.15, 0.2) is 11.2 Å². The molecule has 0 saturated heterocycles. The lowest BCUT2D eigenvalue weighted by Gasteiger charge is -2.15. The van der Waals surface area contributed by atoms with Crippen LogP contribution in [-0.2, 0) is 0 Å². The second kappa shape index (κ2) is 4.89. The molecule has 0 bridgehead atoms. The summed E-state index contributed by atoms with van der Waals surface area (Å²) in [5, 5.41) is 6.94. The maximum atomic E-state index is 6.54. The first kappa shape index (κ1) is 14.8. The summed E-state index contributed by atoms with van der Waals surface area (Å²) in [6.45, 7) is 0. The molecular formula is C27H14N2O. The third kappa shape index (κ3) is 1.62. The topological polar surface area (TPSA) is 30.4 Å². The molecule has 0 aliphatic carbocycles. The van der Waals surface area contributed by atoms with Crippen molar-refractivity contribution in [3.8, 4) is 0 Å². The van der Waals surface area contributed by atoms with E-state index >= 15 is 0 Å². The van der Waals surface area contributed by atoms with Gasteiger partial charge >= 0.3 is 0 Å². The lowest BCUT2D eigenvalue weighted by molar-refractivity contribution is 0.660. The van der Waals surface area contributed by atoms with Crippen LogP contribution in [0.4, 0.5) is 0 Å². The van der Waals surface area contributed by atoms with E-state index in [-0.39, 0.29) is 0 Å². The van der Waals surface area contributed by atoms with Gasteiger partial charge < -0.3 is 8.82 Å². The molecule has 4 aromatic carbocycles. The largest absolute Gasteiger partial charge is 0.452 e. The Labute approximate surface area is 170 Å². The highest BCUT2D eigenvalue weighted by atomic mass is 16.3. The smallest absolute Gasteiger partial charge is 0.160 e. The van der Waals surface area contributed by atoms with Gasteiger partial charge in [-0.15, -0.1) is 0 Å². The molecule has 4 aromatic heterocycles. The number of hydrogen-bond donors (Lipinski definition) is 0. The first-order chi connectivity index (χ1) is 14.9. The van der Waals surface area contributed by atoms with Gasteiger partial charge in [-0.05, 0) is 35.7 Å². The van der Waals surface area contributed by atoms with Crippen LogP contribution in [0.2, 0.25) is 0 Å². The second-order valence-electron chi connectivity index (χ2n) is 8.06. The van der Waals surface area contributed by atoms with Crippen molar-refractivity contribution in [2.24, 2.45) is 0 Å². The van der Waals surface area contributed by atoms with Crippen molar-refractivity contribution < 1.29 is 4.42 Å². The van der Waals surface area contributed by atoms with Crippen molar-refractivity contribution in [1.82, 2.24) is 9.38 Å². The molecule has 0 saturated carbocycles. The standard InChI is InChI=1S/C27H14N2O/c1-3-9-18-15(6-1)12-20-24-19(13-16-7-2-4-10-21(16)28-24)22-14-17-8-5-11-23-25(17)29(22)26(20)27(18)30-23/h1-14H. The normalized spacial score (nSPS) is 12.7. The van der Waals surface area contributed by atoms with Gasteiger partial charge in [0.2, 0.25) is 0 Å². The molecule has 0 atom stereocenters. The lowest BCUT2D eigenvalue weighted by atomic mass is 10.0. The zero-order valence-corrected chi connectivity index (χ0v) is 15.9. The third-order valence-corrected chi connectivity index (χ3v) is 6.45. The number of rotatable bonds is 0. The number of aromatic nitrogens is 2. The van der Waals surface area contributed by atoms with Gasteiger partial charge in [-0.2, -0.15) is 0 Å². The quantitative estimate of drug-likeness (QED) is 0.204. The molecule has 138 valence electrons. The minimum atomic E-state index is 0.908. The average molecular weight is 382 g/mol. The van der Waals surface area contributed by atoms with E-state index in [1.54, 1.807) is 0 Å². The predicted octanol–water partition coefficient (Wildman–Crippen LogP) is 7.28. The summed E-state index contributed by atoms with van der Waals surface area (Å²) in [5.74, 6) is 0. The van der Waals surface area contributed by atoms with Crippen molar-refractivity contribution >= 4 is 71.1 Å². The third-order valence-electron chi connectivity index (χ3n) is 6.45. The van der Waals surface area contributed by atoms with E-state index in [0.29, 0.717) is 0 Å². The van der Waals surface area contributed by atoms with Crippen LogP contribution in [0.3, 0.4) is 0 Å². The van der Waals surface area contributed by atoms with Crippen LogP contribution in [0.15, 0.2) is 89.3 Å². The molecule has 3 nitrogen and oxygen atoms in total. The molecule has 4 heterocycles. The molecular weight excluding hydrogens is 368 g/mol. The first-order valence-corrected chi connectivity index (χ1v) is 10.2. The summed E-state index contributed by atoms with van der Waals surface area (Å²) in [6.07, 6.45) is 0. The molecule has 0 N–H and O–H groups in total. The van der Waals surface area contributed by atoms with E-state index in [1.807, 2.05) is 6.07 Å². The second-order valence-corrected chi connectivity index (χ2v) is 8.06. The first-order valence-electron chi connectivity index (χ1n) is 10.2. The van der Waals surface area contributed by atoms with Crippen LogP contribution >= 0.6 is 0 Å². The van der Waals surface area contributed by atoms with Gasteiger partial charge in [-0.1, -0.05) is 54.6 Å². The number of fused-ring (bicyclic) bond motifs is 6. The average Bonchev–Trinajstić information content (AvgIpc) is 3.19. The van der Waals surface area contributed by atoms with Crippen molar-refractivity contribution in [3.63, 3.8) is 0 Å². The number of hydrogen-bond acceptors (Lipinski definition) is 2. The molecule has 0 fully saturated rings. The Hall–Kier alpha value is -4.11. The molecule has 30 heavy (non-hydrogen) atoms. The lowest BCUT2D eigenvalue weighted by Crippen LogP contribution is -1.97. The fourth-order valence-electron chi connectivity index (χ4n) is 5.18. The Kier molecular flexibility index (Phi) is 2.42. The molecule has 8 rings (SSSR count). The van der Waals surface area contributed by atoms with Crippen LogP contribution in [0.1, 0.15) is 0 Å². The van der Waals surface area contributed by atoms with Crippen LogP contribution in [-0.4, -0.2) is 9.38 Å². The number of pyridine rings is 2. The summed E-state index contributed by atoms with van der Waals surface area (Å²) in [7, 11) is 0. The molecule has 0 spiro atoms. The van der Waals surface area contributed by atoms with Gasteiger partial charge in [0.25, 0.3) is 0 Å². The maximum Gasteiger partial charge on any atom is 0.160 e. The Morgan fingerprint density at radius 3 is 2.40 bits per heavy atom. The van der Waals surface area contributed by atoms with E-state index < -0.39 is 0 Å². The fraction of sp³-hybridized carbons (Fsp3) is 0. The summed E-state index contributed by atoms with van der Waals surface area (Å²) >= 11 is 0. The molecule has 3 heteroatoms. The van der Waals surface area contributed by atoms with Crippen molar-refractivity contribution in [2.75, 3.05) is 0 Å². The molecule has 0 radical (unpaired) electrons. The van der Waals surface area contributed by atoms with Gasteiger partial charge in [0.1, 0.15) is 0 Å². The summed E-state index contributed by atoms with van der Waals surface area (Å²) < 4.78 is 8.92. The maximum absolute atomic E-state index is 6.54. The van der Waals surface area contributed by atoms with Gasteiger partial charge in [0.05, 0.1) is 27.6 Å². The van der Waals surface area contributed by atoms with Crippen LogP contribution in [0, 0.1) is 0 Å². The zero-order chi connectivity index (χ0) is 19.4. The van der Waals surface area contributed by atoms with E-state index in [2.05, 4.69) is 83.3 Å². The van der Waals surface area contributed by atoms with E-state index in [1.165, 1.54) is 21.7 Å². The summed E-state index contributed by atoms with van der Waals surface area (Å²) in [4.78, 5) is 5.13. The Morgan fingerprint density at radius 2 is 1.43 bits per heavy atom. The zero-order valence-electron chi connectivity index (χ0n) is 15.9. The highest BCUT2D eigenvalue weighted by Crippen LogP contribution is 2.42. The predicted molar refractivity (Wildman–Crippen MR) is 124 cm³/mol. The monoisotopic (exact) mass is 382 g/mol. The minimum Gasteiger partial charge on any atom is -0.452 e. The number of nitrogens with zero attached hydrogens (tertiary/aromatic N) is 2. The van der Waals surface area contributed by atoms with Gasteiger partial charge in [0, 0.05) is 26.9 Å². The fourth-order valence-corrected chi connectivity index (χ4v) is 5.18. The highest BCUT2D eigenvalue weighted by Gasteiger charge is 2.21. The van der Waals surface area contributed by atoms with E-state index in [0.717, 1.165) is 49.4 Å². The number of para-hydroxylation sites is 2. The molecule has 8 aromatic rings. The van der Waals surface area contributed by atoms with Crippen LogP contribution in [0.25, 0.3) is 71.1 Å². The van der Waals surface area contributed by atoms with E-state index in [4.69, 9.17) is 9.40 Å². The molecule has 0 aliphatic rings. The molecule has 0 amide bonds. The van der Waals surface area contributed by atoms with Crippen LogP contribution < -0.4 is 0 Å². The summed E-state index contributed by atoms with van der Waals surface area (Å²) in [6, 6.07) is 29.9. The van der Waals surface area contributed by atoms with E-state index in [9.17, 15) is 0 Å². The molecule has 0 unspecified atom stereocenters. The van der Waals surface area contributed by atoms with Crippen molar-refractivity contribution in [1.29, 1.82) is 0 Å². The summed E-state index contributed by atoms with van der Waals surface area (Å²) in [5.41, 5.74) is 7.28. The SMILES string of the molecule is c1ccc2nc3c(cc2c1)c1cc2cccc4oc5c6ccccc6cc3c5n1c24. The minimum absolute atomic E-state index is 0.908. The molecule has 0 aliphatic heterocycles. The Morgan fingerprint density at radius 1 is 0.633 bits per heavy atom.